The number of hydrogen-bond acceptors (Lipinski definition) is 3. The monoisotopic (exact) mass is 318 g/mol. The van der Waals surface area contributed by atoms with Crippen LogP contribution < -0.4 is 10.6 Å². The lowest BCUT2D eigenvalue weighted by Crippen LogP contribution is -2.60. The van der Waals surface area contributed by atoms with Crippen molar-refractivity contribution in [1.82, 2.24) is 15.1 Å². The van der Waals surface area contributed by atoms with E-state index in [1.807, 2.05) is 34.9 Å². The van der Waals surface area contributed by atoms with Gasteiger partial charge in [0.25, 0.3) is 5.91 Å². The number of amides is 3. The van der Waals surface area contributed by atoms with Crippen LogP contribution in [0.2, 0.25) is 0 Å². The van der Waals surface area contributed by atoms with Crippen LogP contribution in [0, 0.1) is 6.92 Å². The summed E-state index contributed by atoms with van der Waals surface area (Å²) in [5.74, 6) is -0.0995. The Morgan fingerprint density at radius 2 is 1.91 bits per heavy atom. The number of nitrogens with zero attached hydrogens (tertiary/aromatic N) is 2. The molecule has 2 rings (SSSR count). The lowest BCUT2D eigenvalue weighted by Gasteiger charge is -2.42. The summed E-state index contributed by atoms with van der Waals surface area (Å²) in [6, 6.07) is 5.75. The van der Waals surface area contributed by atoms with E-state index in [1.54, 1.807) is 23.1 Å². The Morgan fingerprint density at radius 1 is 1.26 bits per heavy atom. The van der Waals surface area contributed by atoms with Crippen LogP contribution in [0.1, 0.15) is 29.8 Å². The van der Waals surface area contributed by atoms with E-state index in [1.165, 1.54) is 0 Å². The topological polar surface area (TPSA) is 64.7 Å². The van der Waals surface area contributed by atoms with Gasteiger partial charge in [0.1, 0.15) is 0 Å². The molecular weight excluding hydrogens is 292 g/mol. The van der Waals surface area contributed by atoms with Crippen molar-refractivity contribution in [1.29, 1.82) is 0 Å². The number of carbonyl (C=O) groups is 2. The molecule has 1 saturated heterocycles. The molecule has 1 aromatic rings. The molecule has 1 fully saturated rings. The van der Waals surface area contributed by atoms with Gasteiger partial charge < -0.3 is 20.4 Å². The molecule has 0 aromatic heterocycles. The molecule has 23 heavy (non-hydrogen) atoms. The van der Waals surface area contributed by atoms with Gasteiger partial charge in [-0.25, -0.2) is 4.79 Å². The summed E-state index contributed by atoms with van der Waals surface area (Å²) < 4.78 is 0. The number of likely N-dealkylation sites (N-methyl/N-ethyl adjacent to an activating group) is 1. The van der Waals surface area contributed by atoms with Gasteiger partial charge in [-0.15, -0.1) is 0 Å². The van der Waals surface area contributed by atoms with Crippen LogP contribution in [0.15, 0.2) is 18.2 Å². The number of aryl methyl sites for hydroxylation is 1. The van der Waals surface area contributed by atoms with Crippen LogP contribution in [0.25, 0.3) is 0 Å². The molecular formula is C17H26N4O2. The first-order valence-corrected chi connectivity index (χ1v) is 7.91. The quantitative estimate of drug-likeness (QED) is 0.891. The minimum atomic E-state index is -0.0995. The summed E-state index contributed by atoms with van der Waals surface area (Å²) >= 11 is 0. The molecule has 1 heterocycles. The maximum absolute atomic E-state index is 12.2. The van der Waals surface area contributed by atoms with Crippen molar-refractivity contribution in [2.45, 2.75) is 32.9 Å². The third-order valence-electron chi connectivity index (χ3n) is 4.03. The van der Waals surface area contributed by atoms with Gasteiger partial charge in [-0.2, -0.15) is 0 Å². The molecule has 3 amide bonds. The Labute approximate surface area is 137 Å². The summed E-state index contributed by atoms with van der Waals surface area (Å²) in [5, 5.41) is 5.77. The van der Waals surface area contributed by atoms with Gasteiger partial charge in [-0.1, -0.05) is 0 Å². The highest BCUT2D eigenvalue weighted by atomic mass is 16.2. The summed E-state index contributed by atoms with van der Waals surface area (Å²) in [6.07, 6.45) is 0. The molecule has 1 aliphatic heterocycles. The molecule has 6 nitrogen and oxygen atoms in total. The van der Waals surface area contributed by atoms with E-state index in [9.17, 15) is 9.59 Å². The van der Waals surface area contributed by atoms with Crippen LogP contribution in [-0.2, 0) is 0 Å². The maximum atomic E-state index is 12.2. The number of urea groups is 1. The lowest BCUT2D eigenvalue weighted by atomic mass is 10.1. The second kappa shape index (κ2) is 7.00. The molecule has 0 saturated carbocycles. The normalized spacial score (nSPS) is 14.8. The third kappa shape index (κ3) is 4.22. The van der Waals surface area contributed by atoms with Crippen LogP contribution in [0.3, 0.4) is 0 Å². The average Bonchev–Trinajstić information content (AvgIpc) is 2.37. The number of benzene rings is 1. The first kappa shape index (κ1) is 17.3. The van der Waals surface area contributed by atoms with E-state index in [4.69, 9.17) is 0 Å². The molecule has 0 bridgehead atoms. The Kier molecular flexibility index (Phi) is 5.26. The largest absolute Gasteiger partial charge is 0.350 e. The Hall–Kier alpha value is -2.08. The molecule has 0 radical (unpaired) electrons. The number of likely N-dealkylation sites (tertiary alicyclic amines) is 1. The van der Waals surface area contributed by atoms with E-state index >= 15 is 0 Å². The molecule has 0 aliphatic carbocycles. The molecule has 1 aliphatic rings. The van der Waals surface area contributed by atoms with Crippen LogP contribution in [0.5, 0.6) is 0 Å². The Balaban J connectivity index is 1.96. The zero-order chi connectivity index (χ0) is 17.1. The standard InChI is InChI=1S/C17H26N4O2/c1-11(2)18-16(22)13-6-7-15(12(3)8-13)19-17(23)21-9-14(10-21)20(4)5/h6-8,11,14H,9-10H2,1-5H3,(H,18,22)(H,19,23). The predicted molar refractivity (Wildman–Crippen MR) is 91.8 cm³/mol. The van der Waals surface area contributed by atoms with Crippen molar-refractivity contribution in [2.75, 3.05) is 32.5 Å². The van der Waals surface area contributed by atoms with Gasteiger partial charge in [0.15, 0.2) is 0 Å². The Bertz CT molecular complexity index is 592. The fourth-order valence-corrected chi connectivity index (χ4v) is 2.43. The minimum absolute atomic E-state index is 0.0921. The zero-order valence-electron chi connectivity index (χ0n) is 14.5. The predicted octanol–water partition coefficient (Wildman–Crippen LogP) is 1.91. The fourth-order valence-electron chi connectivity index (χ4n) is 2.43. The molecule has 1 aromatic carbocycles. The summed E-state index contributed by atoms with van der Waals surface area (Å²) in [6.45, 7) is 7.22. The first-order chi connectivity index (χ1) is 10.8. The van der Waals surface area contributed by atoms with Gasteiger partial charge in [0.2, 0.25) is 0 Å². The second-order valence-electron chi connectivity index (χ2n) is 6.61. The number of anilines is 1. The highest BCUT2D eigenvalue weighted by Gasteiger charge is 2.32. The van der Waals surface area contributed by atoms with E-state index in [2.05, 4.69) is 15.5 Å². The highest BCUT2D eigenvalue weighted by molar-refractivity contribution is 5.96. The number of hydrogen-bond donors (Lipinski definition) is 2. The van der Waals surface area contributed by atoms with Crippen LogP contribution in [0.4, 0.5) is 10.5 Å². The number of nitrogens with one attached hydrogen (secondary N) is 2. The maximum Gasteiger partial charge on any atom is 0.321 e. The molecule has 0 unspecified atom stereocenters. The van der Waals surface area contributed by atoms with Crippen LogP contribution in [-0.4, -0.2) is 61.0 Å². The molecule has 2 N–H and O–H groups in total. The first-order valence-electron chi connectivity index (χ1n) is 7.91. The average molecular weight is 318 g/mol. The number of rotatable bonds is 4. The summed E-state index contributed by atoms with van der Waals surface area (Å²) in [4.78, 5) is 28.1. The Morgan fingerprint density at radius 3 is 2.43 bits per heavy atom. The van der Waals surface area contributed by atoms with Gasteiger partial charge in [0.05, 0.1) is 0 Å². The van der Waals surface area contributed by atoms with Crippen LogP contribution >= 0.6 is 0 Å². The van der Waals surface area contributed by atoms with E-state index in [-0.39, 0.29) is 18.0 Å². The van der Waals surface area contributed by atoms with E-state index < -0.39 is 0 Å². The number of carbonyl (C=O) groups excluding carboxylic acids is 2. The van der Waals surface area contributed by atoms with Crippen molar-refractivity contribution < 1.29 is 9.59 Å². The van der Waals surface area contributed by atoms with Crippen molar-refractivity contribution in [3.63, 3.8) is 0 Å². The van der Waals surface area contributed by atoms with Crippen molar-refractivity contribution >= 4 is 17.6 Å². The van der Waals surface area contributed by atoms with Crippen molar-refractivity contribution in [3.05, 3.63) is 29.3 Å². The van der Waals surface area contributed by atoms with Gasteiger partial charge in [-0.05, 0) is 58.6 Å². The highest BCUT2D eigenvalue weighted by Crippen LogP contribution is 2.19. The molecule has 126 valence electrons. The fraction of sp³-hybridized carbons (Fsp3) is 0.529. The molecule has 6 heteroatoms. The van der Waals surface area contributed by atoms with Gasteiger partial charge in [0, 0.05) is 36.4 Å². The molecule has 0 atom stereocenters. The second-order valence-corrected chi connectivity index (χ2v) is 6.61. The van der Waals surface area contributed by atoms with Crippen molar-refractivity contribution in [2.24, 2.45) is 0 Å². The van der Waals surface area contributed by atoms with Gasteiger partial charge >= 0.3 is 6.03 Å². The summed E-state index contributed by atoms with van der Waals surface area (Å²) in [5.41, 5.74) is 2.22. The van der Waals surface area contributed by atoms with Gasteiger partial charge in [-0.3, -0.25) is 4.79 Å². The molecule has 0 spiro atoms. The zero-order valence-corrected chi connectivity index (χ0v) is 14.5. The minimum Gasteiger partial charge on any atom is -0.350 e. The smallest absolute Gasteiger partial charge is 0.321 e. The van der Waals surface area contributed by atoms with Crippen molar-refractivity contribution in [3.8, 4) is 0 Å². The third-order valence-corrected chi connectivity index (χ3v) is 4.03. The SMILES string of the molecule is Cc1cc(C(=O)NC(C)C)ccc1NC(=O)N1CC(N(C)C)C1. The summed E-state index contributed by atoms with van der Waals surface area (Å²) in [7, 11) is 4.04. The van der Waals surface area contributed by atoms with E-state index in [0.29, 0.717) is 11.6 Å². The lowest BCUT2D eigenvalue weighted by molar-refractivity contribution is 0.0940. The van der Waals surface area contributed by atoms with E-state index in [0.717, 1.165) is 24.3 Å².